The summed E-state index contributed by atoms with van der Waals surface area (Å²) < 4.78 is 41.9. The number of amides is 1. The largest absolute Gasteiger partial charge is 0.433 e. The van der Waals surface area contributed by atoms with Gasteiger partial charge >= 0.3 is 6.18 Å². The predicted octanol–water partition coefficient (Wildman–Crippen LogP) is 4.53. The van der Waals surface area contributed by atoms with Gasteiger partial charge in [-0.3, -0.25) is 14.7 Å². The molecule has 1 amide bonds. The van der Waals surface area contributed by atoms with E-state index in [1.165, 1.54) is 24.5 Å². The fraction of sp³-hybridized carbons (Fsp3) is 0.296. The molecule has 0 aliphatic carbocycles. The third-order valence-electron chi connectivity index (χ3n) is 6.58. The van der Waals surface area contributed by atoms with Gasteiger partial charge in [0, 0.05) is 61.4 Å². The summed E-state index contributed by atoms with van der Waals surface area (Å²) in [7, 11) is 0. The van der Waals surface area contributed by atoms with Crippen LogP contribution in [-0.4, -0.2) is 68.0 Å². The van der Waals surface area contributed by atoms with Gasteiger partial charge in [0.25, 0.3) is 5.91 Å². The van der Waals surface area contributed by atoms with Crippen LogP contribution < -0.4 is 10.2 Å². The van der Waals surface area contributed by atoms with E-state index in [4.69, 9.17) is 0 Å². The fourth-order valence-electron chi connectivity index (χ4n) is 4.45. The maximum atomic E-state index is 13.7. The molecule has 3 aromatic heterocycles. The number of alkyl halides is 3. The molecular formula is C27H27F3N8O. The maximum absolute atomic E-state index is 13.7. The highest BCUT2D eigenvalue weighted by atomic mass is 19.4. The van der Waals surface area contributed by atoms with Crippen LogP contribution in [0, 0.1) is 0 Å². The third kappa shape index (κ3) is 5.90. The molecule has 4 aromatic rings. The van der Waals surface area contributed by atoms with Crippen molar-refractivity contribution in [2.45, 2.75) is 26.1 Å². The Labute approximate surface area is 223 Å². The molecule has 1 fully saturated rings. The van der Waals surface area contributed by atoms with Gasteiger partial charge < -0.3 is 10.2 Å². The minimum Gasteiger partial charge on any atom is -0.369 e. The quantitative estimate of drug-likeness (QED) is 0.387. The molecule has 0 saturated carbocycles. The van der Waals surface area contributed by atoms with Crippen LogP contribution in [0.1, 0.15) is 29.9 Å². The zero-order valence-corrected chi connectivity index (χ0v) is 21.4. The monoisotopic (exact) mass is 536 g/mol. The van der Waals surface area contributed by atoms with E-state index < -0.39 is 17.8 Å². The third-order valence-corrected chi connectivity index (χ3v) is 6.58. The molecule has 4 heterocycles. The first-order chi connectivity index (χ1) is 18.7. The van der Waals surface area contributed by atoms with Crippen molar-refractivity contribution in [1.82, 2.24) is 29.9 Å². The molecule has 1 N–H and O–H groups in total. The van der Waals surface area contributed by atoms with Crippen molar-refractivity contribution in [1.29, 1.82) is 0 Å². The first kappa shape index (κ1) is 26.3. The minimum atomic E-state index is -4.67. The van der Waals surface area contributed by atoms with E-state index in [1.54, 1.807) is 18.2 Å². The average Bonchev–Trinajstić information content (AvgIpc) is 3.41. The number of rotatable bonds is 6. The predicted molar refractivity (Wildman–Crippen MR) is 141 cm³/mol. The molecule has 0 unspecified atom stereocenters. The molecule has 1 aromatic carbocycles. The van der Waals surface area contributed by atoms with E-state index in [1.807, 2.05) is 18.2 Å². The number of carbonyl (C=O) groups excluding carboxylic acids is 1. The number of hydrogen-bond acceptors (Lipinski definition) is 7. The number of hydrogen-bond donors (Lipinski definition) is 1. The van der Waals surface area contributed by atoms with Gasteiger partial charge in [-0.15, -0.1) is 10.2 Å². The average molecular weight is 537 g/mol. The van der Waals surface area contributed by atoms with Crippen molar-refractivity contribution in [3.63, 3.8) is 0 Å². The van der Waals surface area contributed by atoms with Crippen LogP contribution in [-0.2, 0) is 6.18 Å². The number of halogens is 3. The highest BCUT2D eigenvalue weighted by molar-refractivity contribution is 6.04. The van der Waals surface area contributed by atoms with Gasteiger partial charge in [-0.1, -0.05) is 6.07 Å². The molecule has 9 nitrogen and oxygen atoms in total. The smallest absolute Gasteiger partial charge is 0.369 e. The van der Waals surface area contributed by atoms with Crippen molar-refractivity contribution < 1.29 is 18.0 Å². The first-order valence-corrected chi connectivity index (χ1v) is 12.5. The van der Waals surface area contributed by atoms with Crippen molar-refractivity contribution in [2.75, 3.05) is 36.4 Å². The van der Waals surface area contributed by atoms with E-state index in [2.05, 4.69) is 49.2 Å². The SMILES string of the molecule is CC(C)N1CCN(c2cccc(C(=O)Nc3ccc(-n4nc(-c5cccnc5)cc4C(F)(F)F)nn3)c2)CC1. The summed E-state index contributed by atoms with van der Waals surface area (Å²) in [5.74, 6) is -0.431. The summed E-state index contributed by atoms with van der Waals surface area (Å²) in [5.41, 5.74) is 0.925. The normalized spacial score (nSPS) is 14.6. The van der Waals surface area contributed by atoms with Gasteiger partial charge in [-0.25, -0.2) is 4.68 Å². The molecule has 1 aliphatic heterocycles. The van der Waals surface area contributed by atoms with Crippen molar-refractivity contribution >= 4 is 17.4 Å². The van der Waals surface area contributed by atoms with Crippen LogP contribution in [0.25, 0.3) is 17.1 Å². The fourth-order valence-corrected chi connectivity index (χ4v) is 4.45. The number of aromatic nitrogens is 5. The lowest BCUT2D eigenvalue weighted by Gasteiger charge is -2.38. The van der Waals surface area contributed by atoms with Crippen LogP contribution in [0.2, 0.25) is 0 Å². The second-order valence-electron chi connectivity index (χ2n) is 9.46. The minimum absolute atomic E-state index is 0.0973. The summed E-state index contributed by atoms with van der Waals surface area (Å²) >= 11 is 0. The molecule has 1 saturated heterocycles. The summed E-state index contributed by atoms with van der Waals surface area (Å²) in [5, 5.41) is 14.6. The summed E-state index contributed by atoms with van der Waals surface area (Å²) in [4.78, 5) is 21.5. The van der Waals surface area contributed by atoms with Gasteiger partial charge in [-0.2, -0.15) is 18.3 Å². The maximum Gasteiger partial charge on any atom is 0.433 e. The van der Waals surface area contributed by atoms with Gasteiger partial charge in [0.1, 0.15) is 0 Å². The van der Waals surface area contributed by atoms with Crippen molar-refractivity contribution in [3.8, 4) is 17.1 Å². The number of pyridine rings is 1. The standard InChI is InChI=1S/C27H27F3N8O/c1-18(2)36-11-13-37(14-12-36)21-7-3-5-19(15-21)26(39)32-24-8-9-25(34-33-24)38-23(27(28,29)30)16-22(35-38)20-6-4-10-31-17-20/h3-10,15-18H,11-14H2,1-2H3,(H,32,33,39). The van der Waals surface area contributed by atoms with Crippen LogP contribution in [0.15, 0.2) is 67.0 Å². The molecule has 202 valence electrons. The summed E-state index contributed by atoms with van der Waals surface area (Å²) in [6, 6.07) is 14.7. The lowest BCUT2D eigenvalue weighted by Crippen LogP contribution is -2.48. The Hall–Kier alpha value is -4.32. The Morgan fingerprint density at radius 3 is 2.41 bits per heavy atom. The molecule has 12 heteroatoms. The number of piperazine rings is 1. The van der Waals surface area contributed by atoms with E-state index in [0.717, 1.165) is 37.9 Å². The lowest BCUT2D eigenvalue weighted by atomic mass is 10.1. The summed E-state index contributed by atoms with van der Waals surface area (Å²) in [6.07, 6.45) is -1.72. The molecule has 0 radical (unpaired) electrons. The zero-order chi connectivity index (χ0) is 27.6. The molecule has 0 atom stereocenters. The highest BCUT2D eigenvalue weighted by Gasteiger charge is 2.37. The molecule has 39 heavy (non-hydrogen) atoms. The van der Waals surface area contributed by atoms with Crippen molar-refractivity contribution in [3.05, 3.63) is 78.2 Å². The van der Waals surface area contributed by atoms with Gasteiger partial charge in [0.05, 0.1) is 5.69 Å². The molecular weight excluding hydrogens is 509 g/mol. The molecule has 0 bridgehead atoms. The topological polar surface area (TPSA) is 92.1 Å². The molecule has 0 spiro atoms. The zero-order valence-electron chi connectivity index (χ0n) is 21.4. The number of nitrogens with zero attached hydrogens (tertiary/aromatic N) is 7. The van der Waals surface area contributed by atoms with Crippen molar-refractivity contribution in [2.24, 2.45) is 0 Å². The number of nitrogens with one attached hydrogen (secondary N) is 1. The van der Waals surface area contributed by atoms with Gasteiger partial charge in [0.15, 0.2) is 17.3 Å². The highest BCUT2D eigenvalue weighted by Crippen LogP contribution is 2.33. The Kier molecular flexibility index (Phi) is 7.29. The number of carbonyl (C=O) groups is 1. The Morgan fingerprint density at radius 2 is 1.77 bits per heavy atom. The van der Waals surface area contributed by atoms with E-state index in [0.29, 0.717) is 21.9 Å². The van der Waals surface area contributed by atoms with Gasteiger partial charge in [-0.05, 0) is 62.4 Å². The molecule has 1 aliphatic rings. The van der Waals surface area contributed by atoms with Crippen LogP contribution in [0.4, 0.5) is 24.7 Å². The summed E-state index contributed by atoms with van der Waals surface area (Å²) in [6.45, 7) is 8.00. The molecule has 5 rings (SSSR count). The second kappa shape index (κ2) is 10.8. The number of anilines is 2. The van der Waals surface area contributed by atoms with Crippen LogP contribution in [0.3, 0.4) is 0 Å². The second-order valence-corrected chi connectivity index (χ2v) is 9.46. The van der Waals surface area contributed by atoms with Crippen LogP contribution >= 0.6 is 0 Å². The van der Waals surface area contributed by atoms with E-state index >= 15 is 0 Å². The Morgan fingerprint density at radius 1 is 0.974 bits per heavy atom. The Bertz CT molecular complexity index is 1430. The van der Waals surface area contributed by atoms with Gasteiger partial charge in [0.2, 0.25) is 0 Å². The van der Waals surface area contributed by atoms with E-state index in [-0.39, 0.29) is 17.3 Å². The first-order valence-electron chi connectivity index (χ1n) is 12.5. The van der Waals surface area contributed by atoms with Crippen LogP contribution in [0.5, 0.6) is 0 Å². The Balaban J connectivity index is 1.31. The number of benzene rings is 1. The lowest BCUT2D eigenvalue weighted by molar-refractivity contribution is -0.142. The van der Waals surface area contributed by atoms with E-state index in [9.17, 15) is 18.0 Å².